The van der Waals surface area contributed by atoms with Gasteiger partial charge >= 0.3 is 0 Å². The molecule has 0 fully saturated rings. The lowest BCUT2D eigenvalue weighted by Crippen LogP contribution is -2.23. The first-order valence-electron chi connectivity index (χ1n) is 4.89. The monoisotopic (exact) mass is 321 g/mol. The molecule has 0 radical (unpaired) electrons. The molecule has 15 heavy (non-hydrogen) atoms. The average Bonchev–Trinajstić information content (AvgIpc) is 2.29. The number of likely N-dealkylation sites (N-methyl/N-ethyl adjacent to an activating group) is 1. The molecule has 0 aliphatic carbocycles. The van der Waals surface area contributed by atoms with Crippen LogP contribution in [0.3, 0.4) is 0 Å². The van der Waals surface area contributed by atoms with Crippen molar-refractivity contribution in [2.75, 3.05) is 20.2 Å². The molecule has 0 saturated carbocycles. The van der Waals surface area contributed by atoms with Crippen LogP contribution in [-0.4, -0.2) is 31.6 Å². The zero-order chi connectivity index (χ0) is 11.1. The van der Waals surface area contributed by atoms with E-state index in [9.17, 15) is 5.11 Å². The van der Waals surface area contributed by atoms with Crippen LogP contribution in [0.15, 0.2) is 30.3 Å². The molecular formula is C11H16INO2. The van der Waals surface area contributed by atoms with Gasteiger partial charge in [0.1, 0.15) is 0 Å². The van der Waals surface area contributed by atoms with Gasteiger partial charge in [0.2, 0.25) is 0 Å². The van der Waals surface area contributed by atoms with Crippen molar-refractivity contribution < 1.29 is 9.84 Å². The van der Waals surface area contributed by atoms with E-state index in [1.54, 1.807) is 0 Å². The second-order valence-corrected chi connectivity index (χ2v) is 4.52. The van der Waals surface area contributed by atoms with Gasteiger partial charge in [0.25, 0.3) is 0 Å². The Bertz CT molecular complexity index is 269. The molecular weight excluding hydrogens is 305 g/mol. The molecule has 0 heterocycles. The number of hydrogen-bond donors (Lipinski definition) is 2. The average molecular weight is 321 g/mol. The van der Waals surface area contributed by atoms with Gasteiger partial charge in [0, 0.05) is 6.54 Å². The number of benzene rings is 1. The Balaban J connectivity index is 2.42. The molecule has 0 saturated heterocycles. The van der Waals surface area contributed by atoms with E-state index in [1.165, 1.54) is 0 Å². The highest BCUT2D eigenvalue weighted by Gasteiger charge is 2.17. The normalized spacial score (nSPS) is 14.9. The van der Waals surface area contributed by atoms with Gasteiger partial charge in [-0.2, -0.15) is 0 Å². The van der Waals surface area contributed by atoms with Crippen LogP contribution in [-0.2, 0) is 4.74 Å². The molecule has 0 amide bonds. The summed E-state index contributed by atoms with van der Waals surface area (Å²) < 4.78 is 5.26. The fourth-order valence-electron chi connectivity index (χ4n) is 1.17. The Morgan fingerprint density at radius 3 is 2.67 bits per heavy atom. The molecule has 2 N–H and O–H groups in total. The number of rotatable bonds is 6. The van der Waals surface area contributed by atoms with E-state index in [-0.39, 0.29) is 3.92 Å². The molecule has 2 atom stereocenters. The topological polar surface area (TPSA) is 41.5 Å². The summed E-state index contributed by atoms with van der Waals surface area (Å²) in [6.45, 7) is 1.26. The predicted molar refractivity (Wildman–Crippen MR) is 69.1 cm³/mol. The molecule has 3 nitrogen and oxygen atoms in total. The summed E-state index contributed by atoms with van der Waals surface area (Å²) in [4.78, 5) is 0. The zero-order valence-electron chi connectivity index (χ0n) is 8.69. The third-order valence-corrected chi connectivity index (χ3v) is 3.34. The van der Waals surface area contributed by atoms with E-state index in [1.807, 2.05) is 37.4 Å². The summed E-state index contributed by atoms with van der Waals surface area (Å²) in [7, 11) is 1.86. The fourth-order valence-corrected chi connectivity index (χ4v) is 1.79. The maximum absolute atomic E-state index is 9.74. The molecule has 0 spiro atoms. The van der Waals surface area contributed by atoms with Crippen molar-refractivity contribution >= 4 is 22.6 Å². The number of aliphatic hydroxyl groups excluding tert-OH is 1. The maximum Gasteiger partial charge on any atom is 0.170 e. The Hall–Kier alpha value is -0.170. The second kappa shape index (κ2) is 7.16. The van der Waals surface area contributed by atoms with Crippen molar-refractivity contribution in [3.05, 3.63) is 35.9 Å². The first kappa shape index (κ1) is 12.9. The van der Waals surface area contributed by atoms with Crippen LogP contribution in [0.1, 0.15) is 9.49 Å². The van der Waals surface area contributed by atoms with E-state index >= 15 is 0 Å². The number of nitrogens with one attached hydrogen (secondary N) is 1. The first-order valence-corrected chi connectivity index (χ1v) is 6.13. The number of halogens is 1. The smallest absolute Gasteiger partial charge is 0.170 e. The maximum atomic E-state index is 9.74. The van der Waals surface area contributed by atoms with Crippen molar-refractivity contribution in [2.24, 2.45) is 0 Å². The van der Waals surface area contributed by atoms with Crippen LogP contribution in [0.2, 0.25) is 0 Å². The van der Waals surface area contributed by atoms with Crippen LogP contribution in [0.5, 0.6) is 0 Å². The molecule has 0 aliphatic rings. The molecule has 0 bridgehead atoms. The number of ether oxygens (including phenoxy) is 1. The molecule has 2 unspecified atom stereocenters. The van der Waals surface area contributed by atoms with Gasteiger partial charge in [-0.1, -0.05) is 52.9 Å². The van der Waals surface area contributed by atoms with Crippen molar-refractivity contribution in [3.63, 3.8) is 0 Å². The zero-order valence-corrected chi connectivity index (χ0v) is 10.8. The molecule has 4 heteroatoms. The highest BCUT2D eigenvalue weighted by atomic mass is 127. The summed E-state index contributed by atoms with van der Waals surface area (Å²) >= 11 is 2.19. The van der Waals surface area contributed by atoms with Gasteiger partial charge < -0.3 is 15.2 Å². The molecule has 1 aromatic carbocycles. The second-order valence-electron chi connectivity index (χ2n) is 3.18. The third-order valence-electron chi connectivity index (χ3n) is 2.01. The van der Waals surface area contributed by atoms with Crippen LogP contribution in [0.25, 0.3) is 0 Å². The van der Waals surface area contributed by atoms with Gasteiger partial charge in [0.15, 0.2) is 6.29 Å². The van der Waals surface area contributed by atoms with Gasteiger partial charge in [-0.05, 0) is 12.6 Å². The Kier molecular flexibility index (Phi) is 6.16. The van der Waals surface area contributed by atoms with Gasteiger partial charge in [-0.15, -0.1) is 0 Å². The summed E-state index contributed by atoms with van der Waals surface area (Å²) in [6, 6.07) is 9.85. The van der Waals surface area contributed by atoms with Gasteiger partial charge in [0.05, 0.1) is 10.5 Å². The molecule has 0 aliphatic heterocycles. The Morgan fingerprint density at radius 2 is 2.07 bits per heavy atom. The lowest BCUT2D eigenvalue weighted by Gasteiger charge is -2.18. The minimum absolute atomic E-state index is 0.0272. The van der Waals surface area contributed by atoms with E-state index in [2.05, 4.69) is 27.9 Å². The SMILES string of the molecule is CNCCOC(O)C(I)c1ccccc1. The van der Waals surface area contributed by atoms with Crippen LogP contribution >= 0.6 is 22.6 Å². The van der Waals surface area contributed by atoms with Crippen LogP contribution in [0.4, 0.5) is 0 Å². The quantitative estimate of drug-likeness (QED) is 0.363. The summed E-state index contributed by atoms with van der Waals surface area (Å²) in [6.07, 6.45) is -0.749. The lowest BCUT2D eigenvalue weighted by molar-refractivity contribution is -0.0946. The van der Waals surface area contributed by atoms with Crippen molar-refractivity contribution in [2.45, 2.75) is 10.2 Å². The highest BCUT2D eigenvalue weighted by molar-refractivity contribution is 14.1. The number of hydrogen-bond acceptors (Lipinski definition) is 3. The summed E-state index contributed by atoms with van der Waals surface area (Å²) in [5, 5.41) is 12.7. The molecule has 1 rings (SSSR count). The largest absolute Gasteiger partial charge is 0.367 e. The van der Waals surface area contributed by atoms with Crippen molar-refractivity contribution in [3.8, 4) is 0 Å². The predicted octanol–water partition coefficient (Wildman–Crippen LogP) is 1.72. The minimum Gasteiger partial charge on any atom is -0.367 e. The fraction of sp³-hybridized carbons (Fsp3) is 0.455. The molecule has 1 aromatic rings. The Morgan fingerprint density at radius 1 is 1.40 bits per heavy atom. The Labute approximate surface area is 104 Å². The van der Waals surface area contributed by atoms with E-state index in [4.69, 9.17) is 4.74 Å². The van der Waals surface area contributed by atoms with Crippen molar-refractivity contribution in [1.82, 2.24) is 5.32 Å². The van der Waals surface area contributed by atoms with Gasteiger partial charge in [-0.25, -0.2) is 0 Å². The number of aliphatic hydroxyl groups is 1. The van der Waals surface area contributed by atoms with E-state index in [0.29, 0.717) is 6.61 Å². The van der Waals surface area contributed by atoms with E-state index < -0.39 is 6.29 Å². The summed E-state index contributed by atoms with van der Waals surface area (Å²) in [5.41, 5.74) is 1.08. The molecule has 84 valence electrons. The van der Waals surface area contributed by atoms with Crippen LogP contribution in [0, 0.1) is 0 Å². The van der Waals surface area contributed by atoms with Gasteiger partial charge in [-0.3, -0.25) is 0 Å². The van der Waals surface area contributed by atoms with E-state index in [0.717, 1.165) is 12.1 Å². The van der Waals surface area contributed by atoms with Crippen LogP contribution < -0.4 is 5.32 Å². The molecule has 0 aromatic heterocycles. The highest BCUT2D eigenvalue weighted by Crippen LogP contribution is 2.27. The third kappa shape index (κ3) is 4.46. The lowest BCUT2D eigenvalue weighted by atomic mass is 10.1. The minimum atomic E-state index is -0.749. The first-order chi connectivity index (χ1) is 7.25. The summed E-state index contributed by atoms with van der Waals surface area (Å²) in [5.74, 6) is 0. The standard InChI is InChI=1S/C11H16INO2/c1-13-7-8-15-11(14)10(12)9-5-3-2-4-6-9/h2-6,10-11,13-14H,7-8H2,1H3. The van der Waals surface area contributed by atoms with Crippen molar-refractivity contribution in [1.29, 1.82) is 0 Å². The number of alkyl halides is 1.